The first kappa shape index (κ1) is 27.2. The van der Waals surface area contributed by atoms with Gasteiger partial charge in [0.2, 0.25) is 5.91 Å². The minimum atomic E-state index is -4.72. The number of amides is 1. The molecule has 200 valence electrons. The summed E-state index contributed by atoms with van der Waals surface area (Å²) < 4.78 is 50.5. The number of likely N-dealkylation sites (tertiary alicyclic amines) is 1. The van der Waals surface area contributed by atoms with Gasteiger partial charge in [0.25, 0.3) is 0 Å². The van der Waals surface area contributed by atoms with E-state index in [-0.39, 0.29) is 51.2 Å². The van der Waals surface area contributed by atoms with Gasteiger partial charge in [0.1, 0.15) is 17.5 Å². The number of halogens is 3. The van der Waals surface area contributed by atoms with Crippen molar-refractivity contribution in [2.45, 2.75) is 45.2 Å². The normalized spacial score (nSPS) is 14.7. The van der Waals surface area contributed by atoms with Gasteiger partial charge in [-0.2, -0.15) is 18.4 Å². The minimum absolute atomic E-state index is 0.00591. The number of rotatable bonds is 6. The molecule has 1 fully saturated rings. The highest BCUT2D eigenvalue weighted by Crippen LogP contribution is 2.43. The van der Waals surface area contributed by atoms with Crippen LogP contribution in [0.25, 0.3) is 11.0 Å². The van der Waals surface area contributed by atoms with E-state index in [4.69, 9.17) is 4.74 Å². The third-order valence-corrected chi connectivity index (χ3v) is 7.11. The van der Waals surface area contributed by atoms with E-state index in [2.05, 4.69) is 4.98 Å². The molecule has 0 N–H and O–H groups in total. The van der Waals surface area contributed by atoms with E-state index in [0.717, 1.165) is 6.20 Å². The van der Waals surface area contributed by atoms with Crippen LogP contribution in [0.5, 0.6) is 5.75 Å². The summed E-state index contributed by atoms with van der Waals surface area (Å²) in [6.07, 6.45) is -1.36. The molecule has 10 heteroatoms. The van der Waals surface area contributed by atoms with Crippen LogP contribution in [0.3, 0.4) is 0 Å². The number of hydrogen-bond donors (Lipinski definition) is 0. The molecule has 7 nitrogen and oxygen atoms in total. The molecular formula is C28H29F3N4O3. The number of aryl methyl sites for hydroxylation is 1. The number of aromatic nitrogens is 2. The highest BCUT2D eigenvalue weighted by Gasteiger charge is 2.39. The fourth-order valence-electron chi connectivity index (χ4n) is 5.20. The summed E-state index contributed by atoms with van der Waals surface area (Å²) in [7, 11) is 3.04. The second-order valence-electron chi connectivity index (χ2n) is 9.93. The zero-order valence-corrected chi connectivity index (χ0v) is 21.7. The van der Waals surface area contributed by atoms with Crippen molar-refractivity contribution in [3.8, 4) is 11.8 Å². The summed E-state index contributed by atoms with van der Waals surface area (Å²) in [6, 6.07) is 6.13. The van der Waals surface area contributed by atoms with Crippen LogP contribution in [0.1, 0.15) is 65.2 Å². The molecule has 3 heterocycles. The van der Waals surface area contributed by atoms with E-state index in [1.807, 2.05) is 19.9 Å². The Morgan fingerprint density at radius 2 is 1.92 bits per heavy atom. The predicted molar refractivity (Wildman–Crippen MR) is 135 cm³/mol. The largest absolute Gasteiger partial charge is 0.495 e. The minimum Gasteiger partial charge on any atom is -0.495 e. The molecule has 38 heavy (non-hydrogen) atoms. The van der Waals surface area contributed by atoms with E-state index in [9.17, 15) is 28.0 Å². The molecule has 1 aromatic carbocycles. The first-order valence-electron chi connectivity index (χ1n) is 12.4. The molecular weight excluding hydrogens is 497 g/mol. The van der Waals surface area contributed by atoms with Crippen molar-refractivity contribution in [2.24, 2.45) is 13.0 Å². The molecule has 0 unspecified atom stereocenters. The second-order valence-corrected chi connectivity index (χ2v) is 9.93. The van der Waals surface area contributed by atoms with Crippen molar-refractivity contribution in [1.29, 1.82) is 5.26 Å². The summed E-state index contributed by atoms with van der Waals surface area (Å²) in [5.74, 6) is -0.561. The number of methoxy groups -OCH3 is 1. The quantitative estimate of drug-likeness (QED) is 0.409. The lowest BCUT2D eigenvalue weighted by atomic mass is 9.87. The van der Waals surface area contributed by atoms with Gasteiger partial charge < -0.3 is 14.2 Å². The number of benzene rings is 1. The van der Waals surface area contributed by atoms with Gasteiger partial charge in [0.15, 0.2) is 5.78 Å². The Labute approximate surface area is 218 Å². The number of ether oxygens (including phenoxy) is 1. The van der Waals surface area contributed by atoms with Crippen molar-refractivity contribution in [2.75, 3.05) is 20.2 Å². The predicted octanol–water partition coefficient (Wildman–Crippen LogP) is 5.26. The maximum absolute atomic E-state index is 14.6. The lowest BCUT2D eigenvalue weighted by Gasteiger charge is -2.33. The maximum atomic E-state index is 14.6. The first-order chi connectivity index (χ1) is 18.0. The molecule has 0 saturated carbocycles. The highest BCUT2D eigenvalue weighted by atomic mass is 19.4. The van der Waals surface area contributed by atoms with Gasteiger partial charge in [-0.05, 0) is 48.1 Å². The number of hydrogen-bond acceptors (Lipinski definition) is 5. The number of nitrogens with zero attached hydrogens (tertiary/aromatic N) is 4. The molecule has 0 bridgehead atoms. The number of fused-ring (bicyclic) bond motifs is 1. The SMILES string of the molecule is COc1ccc(C(=O)Cc2cnc3c(c(C4CCN(C(=O)C(C)C)CC4)cn3C)c2C(F)(F)F)cc1C#N. The van der Waals surface area contributed by atoms with Gasteiger partial charge in [-0.1, -0.05) is 13.8 Å². The molecule has 1 amide bonds. The monoisotopic (exact) mass is 526 g/mol. The van der Waals surface area contributed by atoms with Crippen LogP contribution in [-0.2, 0) is 24.4 Å². The third kappa shape index (κ3) is 5.10. The number of carbonyl (C=O) groups excluding carboxylic acids is 2. The Morgan fingerprint density at radius 3 is 2.50 bits per heavy atom. The zero-order chi connectivity index (χ0) is 27.8. The Balaban J connectivity index is 1.73. The lowest BCUT2D eigenvalue weighted by molar-refractivity contribution is -0.137. The number of alkyl halides is 3. The molecule has 4 rings (SSSR count). The summed E-state index contributed by atoms with van der Waals surface area (Å²) >= 11 is 0. The first-order valence-corrected chi connectivity index (χ1v) is 12.4. The molecule has 2 aromatic heterocycles. The van der Waals surface area contributed by atoms with Gasteiger partial charge in [0.05, 0.1) is 18.2 Å². The Bertz CT molecular complexity index is 1430. The number of ketones is 1. The van der Waals surface area contributed by atoms with Gasteiger partial charge >= 0.3 is 6.18 Å². The molecule has 0 spiro atoms. The van der Waals surface area contributed by atoms with E-state index in [1.165, 1.54) is 25.3 Å². The van der Waals surface area contributed by atoms with Crippen LogP contribution in [0.15, 0.2) is 30.6 Å². The number of piperidine rings is 1. The average Bonchev–Trinajstić information content (AvgIpc) is 3.22. The zero-order valence-electron chi connectivity index (χ0n) is 21.7. The summed E-state index contributed by atoms with van der Waals surface area (Å²) in [5, 5.41) is 9.33. The van der Waals surface area contributed by atoms with Crippen LogP contribution in [0.4, 0.5) is 13.2 Å². The summed E-state index contributed by atoms with van der Waals surface area (Å²) in [4.78, 5) is 31.5. The molecule has 0 aliphatic carbocycles. The van der Waals surface area contributed by atoms with Crippen LogP contribution in [0, 0.1) is 17.2 Å². The van der Waals surface area contributed by atoms with Crippen molar-refractivity contribution >= 4 is 22.7 Å². The molecule has 1 aliphatic heterocycles. The van der Waals surface area contributed by atoms with Crippen molar-refractivity contribution in [1.82, 2.24) is 14.5 Å². The molecule has 0 atom stereocenters. The number of nitriles is 1. The average molecular weight is 527 g/mol. The van der Waals surface area contributed by atoms with Crippen LogP contribution < -0.4 is 4.74 Å². The highest BCUT2D eigenvalue weighted by molar-refractivity contribution is 5.99. The van der Waals surface area contributed by atoms with Crippen LogP contribution >= 0.6 is 0 Å². The number of carbonyl (C=O) groups is 2. The Hall–Kier alpha value is -3.87. The van der Waals surface area contributed by atoms with E-state index in [1.54, 1.807) is 22.7 Å². The van der Waals surface area contributed by atoms with Crippen molar-refractivity contribution in [3.63, 3.8) is 0 Å². The lowest BCUT2D eigenvalue weighted by Crippen LogP contribution is -2.40. The van der Waals surface area contributed by atoms with Crippen molar-refractivity contribution < 1.29 is 27.5 Å². The molecule has 3 aromatic rings. The van der Waals surface area contributed by atoms with E-state index in [0.29, 0.717) is 31.5 Å². The summed E-state index contributed by atoms with van der Waals surface area (Å²) in [5.41, 5.74) is -0.114. The van der Waals surface area contributed by atoms with Gasteiger partial charge in [-0.15, -0.1) is 0 Å². The topological polar surface area (TPSA) is 88.2 Å². The Morgan fingerprint density at radius 1 is 1.24 bits per heavy atom. The number of Topliss-reactive ketones (excluding diaryl/α,β-unsaturated/α-hetero) is 1. The fraction of sp³-hybridized carbons (Fsp3) is 0.429. The van der Waals surface area contributed by atoms with Crippen LogP contribution in [0.2, 0.25) is 0 Å². The van der Waals surface area contributed by atoms with Gasteiger partial charge in [0, 0.05) is 55.8 Å². The van der Waals surface area contributed by atoms with Gasteiger partial charge in [-0.3, -0.25) is 9.59 Å². The standard InChI is InChI=1S/C28H29F3N4O3/c1-16(2)27(37)35-9-7-17(8-10-35)21-15-34(3)26-24(21)25(28(29,30)31)20(14-33-26)12-22(36)18-5-6-23(38-4)19(11-18)13-32/h5-6,11,14-17H,7-10,12H2,1-4H3. The van der Waals surface area contributed by atoms with Crippen molar-refractivity contribution in [3.05, 3.63) is 58.4 Å². The molecule has 0 radical (unpaired) electrons. The van der Waals surface area contributed by atoms with Gasteiger partial charge in [-0.25, -0.2) is 4.98 Å². The molecule has 1 saturated heterocycles. The van der Waals surface area contributed by atoms with E-state index < -0.39 is 23.9 Å². The molecule has 1 aliphatic rings. The summed E-state index contributed by atoms with van der Waals surface area (Å²) in [6.45, 7) is 4.61. The van der Waals surface area contributed by atoms with E-state index >= 15 is 0 Å². The smallest absolute Gasteiger partial charge is 0.417 e. The maximum Gasteiger partial charge on any atom is 0.417 e. The second kappa shape index (κ2) is 10.5. The van der Waals surface area contributed by atoms with Crippen LogP contribution in [-0.4, -0.2) is 46.3 Å². The number of pyridine rings is 1. The fourth-order valence-corrected chi connectivity index (χ4v) is 5.20. The Kier molecular flexibility index (Phi) is 7.49. The third-order valence-electron chi connectivity index (χ3n) is 7.11.